The van der Waals surface area contributed by atoms with Gasteiger partial charge in [-0.15, -0.1) is 0 Å². The normalized spacial score (nSPS) is 11.4. The number of ether oxygens (including phenoxy) is 2. The van der Waals surface area contributed by atoms with Crippen molar-refractivity contribution in [2.45, 2.75) is 26.4 Å². The number of carbonyl (C=O) groups is 1. The molecule has 0 aliphatic carbocycles. The lowest BCUT2D eigenvalue weighted by Gasteiger charge is -2.18. The lowest BCUT2D eigenvalue weighted by molar-refractivity contribution is -0.192. The number of aliphatic carboxylic acids is 1. The van der Waals surface area contributed by atoms with Gasteiger partial charge in [0.1, 0.15) is 0 Å². The molecule has 0 spiro atoms. The molecule has 1 heterocycles. The fourth-order valence-electron chi connectivity index (χ4n) is 3.13. The molecule has 33 heavy (non-hydrogen) atoms. The number of carboxylic acids is 1. The lowest BCUT2D eigenvalue weighted by atomic mass is 10.1. The predicted molar refractivity (Wildman–Crippen MR) is 122 cm³/mol. The van der Waals surface area contributed by atoms with Crippen LogP contribution in [0, 0.1) is 0 Å². The summed E-state index contributed by atoms with van der Waals surface area (Å²) in [4.78, 5) is 16.0. The van der Waals surface area contributed by atoms with Crippen LogP contribution in [0.4, 0.5) is 13.2 Å². The fourth-order valence-corrected chi connectivity index (χ4v) is 3.44. The molecule has 0 bridgehead atoms. The van der Waals surface area contributed by atoms with Crippen LogP contribution < -0.4 is 9.47 Å². The number of aromatic nitrogens is 1. The third-order valence-corrected chi connectivity index (χ3v) is 5.32. The molecule has 0 saturated heterocycles. The maximum atomic E-state index is 10.6. The summed E-state index contributed by atoms with van der Waals surface area (Å²) < 4.78 is 43.2. The number of carboxylic acid groups (broad SMARTS) is 1. The topological polar surface area (TPSA) is 71.9 Å². The van der Waals surface area contributed by atoms with Crippen molar-refractivity contribution in [2.24, 2.45) is 0 Å². The van der Waals surface area contributed by atoms with Crippen LogP contribution in [-0.2, 0) is 4.79 Å². The second-order valence-corrected chi connectivity index (χ2v) is 7.37. The molecule has 1 aromatic heterocycles. The van der Waals surface area contributed by atoms with E-state index in [2.05, 4.69) is 18.7 Å². The van der Waals surface area contributed by atoms with E-state index in [1.807, 2.05) is 36.4 Å². The van der Waals surface area contributed by atoms with Gasteiger partial charge in [0.25, 0.3) is 0 Å². The second-order valence-electron chi connectivity index (χ2n) is 6.99. The smallest absolute Gasteiger partial charge is 0.490 e. The summed E-state index contributed by atoms with van der Waals surface area (Å²) in [6.45, 7) is 8.14. The molecule has 0 radical (unpaired) electrons. The molecular formula is C23H26ClF3N2O4. The molecular weight excluding hydrogens is 461 g/mol. The Kier molecular flexibility index (Phi) is 9.55. The maximum Gasteiger partial charge on any atom is 0.490 e. The third kappa shape index (κ3) is 7.10. The minimum absolute atomic E-state index is 0.639. The van der Waals surface area contributed by atoms with Crippen molar-refractivity contribution in [3.8, 4) is 11.5 Å². The predicted octanol–water partition coefficient (Wildman–Crippen LogP) is 5.79. The van der Waals surface area contributed by atoms with Gasteiger partial charge in [0.2, 0.25) is 0 Å². The van der Waals surface area contributed by atoms with Crippen LogP contribution in [0.2, 0.25) is 5.02 Å². The van der Waals surface area contributed by atoms with E-state index in [-0.39, 0.29) is 0 Å². The Morgan fingerprint density at radius 1 is 1.09 bits per heavy atom. The molecule has 0 aliphatic heterocycles. The van der Waals surface area contributed by atoms with E-state index in [9.17, 15) is 13.2 Å². The van der Waals surface area contributed by atoms with E-state index in [0.717, 1.165) is 47.9 Å². The van der Waals surface area contributed by atoms with Crippen molar-refractivity contribution in [1.82, 2.24) is 9.88 Å². The van der Waals surface area contributed by atoms with E-state index in [1.165, 1.54) is 0 Å². The average molecular weight is 487 g/mol. The van der Waals surface area contributed by atoms with Gasteiger partial charge >= 0.3 is 12.1 Å². The molecule has 2 aromatic carbocycles. The molecule has 1 N–H and O–H groups in total. The summed E-state index contributed by atoms with van der Waals surface area (Å²) in [5.74, 6) is -1.37. The number of hydrogen-bond acceptors (Lipinski definition) is 5. The van der Waals surface area contributed by atoms with E-state index in [0.29, 0.717) is 23.1 Å². The zero-order valence-corrected chi connectivity index (χ0v) is 19.3. The first-order valence-corrected chi connectivity index (χ1v) is 10.7. The third-order valence-electron chi connectivity index (χ3n) is 4.91. The molecule has 0 aliphatic rings. The van der Waals surface area contributed by atoms with E-state index in [1.54, 1.807) is 7.11 Å². The quantitative estimate of drug-likeness (QED) is 0.321. The highest BCUT2D eigenvalue weighted by molar-refractivity contribution is 6.40. The molecule has 10 heteroatoms. The molecule has 0 fully saturated rings. The van der Waals surface area contributed by atoms with Crippen LogP contribution >= 0.6 is 11.6 Å². The van der Waals surface area contributed by atoms with Crippen LogP contribution in [0.3, 0.4) is 0 Å². The Balaban J connectivity index is 0.000000479. The van der Waals surface area contributed by atoms with Crippen molar-refractivity contribution in [1.29, 1.82) is 0 Å². The van der Waals surface area contributed by atoms with Crippen LogP contribution in [0.1, 0.15) is 20.3 Å². The summed E-state index contributed by atoms with van der Waals surface area (Å²) in [5, 5.41) is 9.63. The number of rotatable bonds is 8. The summed E-state index contributed by atoms with van der Waals surface area (Å²) in [6, 6.07) is 11.7. The number of fused-ring (bicyclic) bond motifs is 2. The van der Waals surface area contributed by atoms with E-state index >= 15 is 0 Å². The monoisotopic (exact) mass is 486 g/mol. The van der Waals surface area contributed by atoms with Gasteiger partial charge in [-0.2, -0.15) is 13.2 Å². The maximum absolute atomic E-state index is 10.6. The molecule has 0 unspecified atom stereocenters. The number of halogens is 4. The summed E-state index contributed by atoms with van der Waals surface area (Å²) in [6.07, 6.45) is -4.12. The Morgan fingerprint density at radius 2 is 1.73 bits per heavy atom. The van der Waals surface area contributed by atoms with Crippen LogP contribution in [0.15, 0.2) is 36.4 Å². The highest BCUT2D eigenvalue weighted by Gasteiger charge is 2.38. The van der Waals surface area contributed by atoms with Gasteiger partial charge in [-0.05, 0) is 31.6 Å². The molecule has 0 atom stereocenters. The largest absolute Gasteiger partial charge is 0.493 e. The highest BCUT2D eigenvalue weighted by Crippen LogP contribution is 2.37. The van der Waals surface area contributed by atoms with Gasteiger partial charge in [-0.3, -0.25) is 0 Å². The van der Waals surface area contributed by atoms with Crippen LogP contribution in [-0.4, -0.2) is 60.5 Å². The zero-order chi connectivity index (χ0) is 24.6. The van der Waals surface area contributed by atoms with Crippen LogP contribution in [0.5, 0.6) is 11.5 Å². The number of methoxy groups -OCH3 is 1. The van der Waals surface area contributed by atoms with Gasteiger partial charge in [0, 0.05) is 23.4 Å². The highest BCUT2D eigenvalue weighted by atomic mass is 35.5. The molecule has 3 rings (SSSR count). The van der Waals surface area contributed by atoms with E-state index < -0.39 is 12.1 Å². The SMILES string of the molecule is CCN(CC)CCCOc1cc2nc3ccccc3c(Cl)c2cc1OC.O=C(O)C(F)(F)F. The number of alkyl halides is 3. The summed E-state index contributed by atoms with van der Waals surface area (Å²) >= 11 is 6.61. The van der Waals surface area contributed by atoms with Crippen molar-refractivity contribution in [3.63, 3.8) is 0 Å². The Morgan fingerprint density at radius 3 is 2.30 bits per heavy atom. The Bertz CT molecular complexity index is 1090. The Labute approximate surface area is 194 Å². The zero-order valence-electron chi connectivity index (χ0n) is 18.6. The number of para-hydroxylation sites is 1. The number of pyridine rings is 1. The van der Waals surface area contributed by atoms with Crippen molar-refractivity contribution < 1.29 is 32.5 Å². The molecule has 180 valence electrons. The van der Waals surface area contributed by atoms with Crippen molar-refractivity contribution in [3.05, 3.63) is 41.4 Å². The Hall–Kier alpha value is -2.78. The first kappa shape index (κ1) is 26.5. The number of benzene rings is 2. The summed E-state index contributed by atoms with van der Waals surface area (Å²) in [7, 11) is 1.65. The molecule has 0 amide bonds. The summed E-state index contributed by atoms with van der Waals surface area (Å²) in [5.41, 5.74) is 1.69. The number of hydrogen-bond donors (Lipinski definition) is 1. The van der Waals surface area contributed by atoms with Gasteiger partial charge in [0.15, 0.2) is 11.5 Å². The van der Waals surface area contributed by atoms with Crippen LogP contribution in [0.25, 0.3) is 21.8 Å². The minimum atomic E-state index is -5.08. The minimum Gasteiger partial charge on any atom is -0.493 e. The van der Waals surface area contributed by atoms with Gasteiger partial charge < -0.3 is 19.5 Å². The van der Waals surface area contributed by atoms with Gasteiger partial charge in [-0.25, -0.2) is 9.78 Å². The first-order valence-electron chi connectivity index (χ1n) is 10.3. The standard InChI is InChI=1S/C21H25ClN2O2.C2HF3O2/c1-4-24(5-2)11-8-12-26-20-14-18-16(13-19(20)25-3)21(22)15-9-6-7-10-17(15)23-18;3-2(4,5)1(6)7/h6-7,9-10,13-14H,4-5,8,11-12H2,1-3H3;(H,6,7). The van der Waals surface area contributed by atoms with Crippen molar-refractivity contribution >= 4 is 39.4 Å². The number of nitrogens with zero attached hydrogens (tertiary/aromatic N) is 2. The van der Waals surface area contributed by atoms with E-state index in [4.69, 9.17) is 36.0 Å². The van der Waals surface area contributed by atoms with Gasteiger partial charge in [0.05, 0.1) is 29.8 Å². The lowest BCUT2D eigenvalue weighted by Crippen LogP contribution is -2.25. The molecule has 0 saturated carbocycles. The fraction of sp³-hybridized carbons (Fsp3) is 0.391. The second kappa shape index (κ2) is 11.9. The first-order chi connectivity index (χ1) is 15.6. The van der Waals surface area contributed by atoms with Gasteiger partial charge in [-0.1, -0.05) is 43.6 Å². The van der Waals surface area contributed by atoms with Crippen molar-refractivity contribution in [2.75, 3.05) is 33.4 Å². The molecule has 3 aromatic rings. The molecule has 6 nitrogen and oxygen atoms in total. The average Bonchev–Trinajstić information content (AvgIpc) is 2.79.